The Morgan fingerprint density at radius 1 is 1.20 bits per heavy atom. The van der Waals surface area contributed by atoms with Gasteiger partial charge in [-0.05, 0) is 32.9 Å². The van der Waals surface area contributed by atoms with E-state index >= 15 is 0 Å². The number of phenolic OH excluding ortho intramolecular Hbond substituents is 1. The minimum atomic E-state index is -0.384. The van der Waals surface area contributed by atoms with E-state index in [0.29, 0.717) is 22.1 Å². The van der Waals surface area contributed by atoms with Crippen molar-refractivity contribution in [1.29, 1.82) is 0 Å². The van der Waals surface area contributed by atoms with Crippen LogP contribution in [0.3, 0.4) is 0 Å². The maximum absolute atomic E-state index is 12.3. The summed E-state index contributed by atoms with van der Waals surface area (Å²) in [4.78, 5) is 12.3. The second-order valence-electron chi connectivity index (χ2n) is 4.45. The van der Waals surface area contributed by atoms with E-state index in [1.165, 1.54) is 12.1 Å². The molecule has 0 radical (unpaired) electrons. The molecule has 6 heteroatoms. The molecule has 0 fully saturated rings. The lowest BCUT2D eigenvalue weighted by Gasteiger charge is -2.09. The lowest BCUT2D eigenvalue weighted by molar-refractivity contribution is 0.102. The topological polar surface area (TPSA) is 62.5 Å². The molecule has 106 valence electrons. The molecule has 1 aromatic heterocycles. The van der Waals surface area contributed by atoms with Gasteiger partial charge in [-0.25, -0.2) is 0 Å². The lowest BCUT2D eigenvalue weighted by atomic mass is 10.1. The number of aryl methyl sites for hydroxylation is 2. The summed E-state index contributed by atoms with van der Waals surface area (Å²) in [6.45, 7) is 5.29. The largest absolute Gasteiger partial charge is 0.504 e. The third kappa shape index (κ3) is 2.62. The predicted octanol–water partition coefficient (Wildman–Crippen LogP) is 4.47. The molecule has 1 heterocycles. The van der Waals surface area contributed by atoms with Crippen molar-refractivity contribution in [1.82, 2.24) is 0 Å². The molecule has 0 spiro atoms. The Bertz CT molecular complexity index is 692. The van der Waals surface area contributed by atoms with Crippen molar-refractivity contribution in [3.63, 3.8) is 0 Å². The van der Waals surface area contributed by atoms with Crippen LogP contribution in [0.5, 0.6) is 5.75 Å². The van der Waals surface area contributed by atoms with E-state index in [4.69, 9.17) is 27.6 Å². The summed E-state index contributed by atoms with van der Waals surface area (Å²) < 4.78 is 5.41. The third-order valence-corrected chi connectivity index (χ3v) is 3.57. The molecule has 0 aliphatic carbocycles. The van der Waals surface area contributed by atoms with Crippen LogP contribution in [0.4, 0.5) is 5.69 Å². The van der Waals surface area contributed by atoms with Crippen molar-refractivity contribution < 1.29 is 14.3 Å². The zero-order chi connectivity index (χ0) is 15.0. The number of anilines is 1. The summed E-state index contributed by atoms with van der Waals surface area (Å²) in [6, 6.07) is 2.82. The van der Waals surface area contributed by atoms with Gasteiger partial charge in [-0.15, -0.1) is 0 Å². The summed E-state index contributed by atoms with van der Waals surface area (Å²) in [5, 5.41) is 12.8. The van der Waals surface area contributed by atoms with E-state index in [-0.39, 0.29) is 22.4 Å². The second-order valence-corrected chi connectivity index (χ2v) is 5.30. The highest BCUT2D eigenvalue weighted by molar-refractivity contribution is 6.36. The number of nitrogens with one attached hydrogen (secondary N) is 1. The number of rotatable bonds is 2. The highest BCUT2D eigenvalue weighted by atomic mass is 35.5. The standard InChI is InChI=1S/C14H13Cl2NO3/c1-6-7(2)20-8(3)12(6)14(19)17-11-5-9(15)4-10(16)13(11)18/h4-5,18H,1-3H3,(H,17,19). The number of halogens is 2. The number of hydrogen-bond donors (Lipinski definition) is 2. The van der Waals surface area contributed by atoms with Crippen molar-refractivity contribution in [2.24, 2.45) is 0 Å². The SMILES string of the molecule is Cc1oc(C)c(C(=O)Nc2cc(Cl)cc(Cl)c2O)c1C. The van der Waals surface area contributed by atoms with Crippen molar-refractivity contribution in [2.75, 3.05) is 5.32 Å². The van der Waals surface area contributed by atoms with Gasteiger partial charge in [0.1, 0.15) is 11.5 Å². The number of carbonyl (C=O) groups is 1. The molecule has 2 N–H and O–H groups in total. The number of carbonyl (C=O) groups excluding carboxylic acids is 1. The molecule has 0 atom stereocenters. The smallest absolute Gasteiger partial charge is 0.259 e. The van der Waals surface area contributed by atoms with Gasteiger partial charge in [-0.3, -0.25) is 4.79 Å². The molecule has 0 unspecified atom stereocenters. The molecule has 20 heavy (non-hydrogen) atoms. The van der Waals surface area contributed by atoms with Crippen LogP contribution < -0.4 is 5.32 Å². The summed E-state index contributed by atoms with van der Waals surface area (Å²) in [6.07, 6.45) is 0. The van der Waals surface area contributed by atoms with Gasteiger partial charge in [-0.1, -0.05) is 23.2 Å². The van der Waals surface area contributed by atoms with Crippen LogP contribution in [-0.2, 0) is 0 Å². The van der Waals surface area contributed by atoms with Gasteiger partial charge in [0.05, 0.1) is 16.3 Å². The molecule has 0 aliphatic rings. The molecule has 2 aromatic rings. The molecular weight excluding hydrogens is 301 g/mol. The Balaban J connectivity index is 2.38. The Labute approximate surface area is 126 Å². The van der Waals surface area contributed by atoms with E-state index in [1.807, 2.05) is 0 Å². The van der Waals surface area contributed by atoms with E-state index in [2.05, 4.69) is 5.32 Å². The average Bonchev–Trinajstić information content (AvgIpc) is 2.59. The number of hydrogen-bond acceptors (Lipinski definition) is 3. The number of benzene rings is 1. The van der Waals surface area contributed by atoms with Crippen molar-refractivity contribution in [3.05, 3.63) is 44.8 Å². The fourth-order valence-corrected chi connectivity index (χ4v) is 2.47. The van der Waals surface area contributed by atoms with Crippen LogP contribution in [0, 0.1) is 20.8 Å². The molecule has 2 rings (SSSR count). The third-order valence-electron chi connectivity index (χ3n) is 3.06. The van der Waals surface area contributed by atoms with Crippen LogP contribution >= 0.6 is 23.2 Å². The number of phenols is 1. The Hall–Kier alpha value is -1.65. The first-order chi connectivity index (χ1) is 9.31. The summed E-state index contributed by atoms with van der Waals surface area (Å²) in [5.41, 5.74) is 1.36. The maximum Gasteiger partial charge on any atom is 0.259 e. The minimum Gasteiger partial charge on any atom is -0.504 e. The molecule has 0 bridgehead atoms. The van der Waals surface area contributed by atoms with E-state index in [0.717, 1.165) is 5.56 Å². The fraction of sp³-hybridized carbons (Fsp3) is 0.214. The first-order valence-corrected chi connectivity index (χ1v) is 6.62. The minimum absolute atomic E-state index is 0.0737. The van der Waals surface area contributed by atoms with Crippen LogP contribution in [-0.4, -0.2) is 11.0 Å². The van der Waals surface area contributed by atoms with Gasteiger partial charge < -0.3 is 14.8 Å². The van der Waals surface area contributed by atoms with Crippen LogP contribution in [0.1, 0.15) is 27.4 Å². The van der Waals surface area contributed by atoms with Crippen molar-refractivity contribution in [3.8, 4) is 5.75 Å². The highest BCUT2D eigenvalue weighted by Crippen LogP contribution is 2.35. The van der Waals surface area contributed by atoms with E-state index < -0.39 is 0 Å². The predicted molar refractivity (Wildman–Crippen MR) is 79.0 cm³/mol. The van der Waals surface area contributed by atoms with Gasteiger partial charge >= 0.3 is 0 Å². The quantitative estimate of drug-likeness (QED) is 0.804. The molecule has 4 nitrogen and oxygen atoms in total. The normalized spacial score (nSPS) is 10.7. The fourth-order valence-electron chi connectivity index (χ4n) is 1.97. The van der Waals surface area contributed by atoms with E-state index in [9.17, 15) is 9.90 Å². The first kappa shape index (κ1) is 14.8. The van der Waals surface area contributed by atoms with Crippen molar-refractivity contribution >= 4 is 34.8 Å². The van der Waals surface area contributed by atoms with Crippen LogP contribution in [0.15, 0.2) is 16.5 Å². The molecule has 1 aromatic carbocycles. The first-order valence-electron chi connectivity index (χ1n) is 5.87. The van der Waals surface area contributed by atoms with Crippen molar-refractivity contribution in [2.45, 2.75) is 20.8 Å². The van der Waals surface area contributed by atoms with E-state index in [1.54, 1.807) is 20.8 Å². The van der Waals surface area contributed by atoms with Crippen LogP contribution in [0.25, 0.3) is 0 Å². The summed E-state index contributed by atoms with van der Waals surface area (Å²) >= 11 is 11.7. The molecule has 0 saturated heterocycles. The zero-order valence-corrected chi connectivity index (χ0v) is 12.7. The van der Waals surface area contributed by atoms with Crippen LogP contribution in [0.2, 0.25) is 10.0 Å². The van der Waals surface area contributed by atoms with Gasteiger partial charge in [0.15, 0.2) is 5.75 Å². The average molecular weight is 314 g/mol. The number of aromatic hydroxyl groups is 1. The monoisotopic (exact) mass is 313 g/mol. The highest BCUT2D eigenvalue weighted by Gasteiger charge is 2.20. The second kappa shape index (κ2) is 5.38. The number of amides is 1. The summed E-state index contributed by atoms with van der Waals surface area (Å²) in [7, 11) is 0. The molecule has 0 aliphatic heterocycles. The van der Waals surface area contributed by atoms with Gasteiger partial charge in [0.2, 0.25) is 0 Å². The van der Waals surface area contributed by atoms with Gasteiger partial charge in [-0.2, -0.15) is 0 Å². The van der Waals surface area contributed by atoms with Gasteiger partial charge in [0.25, 0.3) is 5.91 Å². The zero-order valence-electron chi connectivity index (χ0n) is 11.2. The lowest BCUT2D eigenvalue weighted by Crippen LogP contribution is -2.13. The Morgan fingerprint density at radius 2 is 1.85 bits per heavy atom. The number of furan rings is 1. The molecule has 1 amide bonds. The summed E-state index contributed by atoms with van der Waals surface area (Å²) in [5.74, 6) is 0.594. The Morgan fingerprint density at radius 3 is 2.40 bits per heavy atom. The van der Waals surface area contributed by atoms with Gasteiger partial charge in [0, 0.05) is 10.6 Å². The molecular formula is C14H13Cl2NO3. The molecule has 0 saturated carbocycles. The maximum atomic E-state index is 12.3. The Kier molecular flexibility index (Phi) is 3.97.